The first-order chi connectivity index (χ1) is 3.79. The molecule has 1 rings (SSSR count). The molecule has 1 fully saturated rings. The molecule has 0 aromatic carbocycles. The van der Waals surface area contributed by atoms with Crippen molar-refractivity contribution in [3.05, 3.63) is 6.42 Å². The molecule has 0 aromatic rings. The zero-order valence-corrected chi connectivity index (χ0v) is 5.82. The first-order valence-corrected chi connectivity index (χ1v) is 3.39. The maximum atomic E-state index is 5.67. The summed E-state index contributed by atoms with van der Waals surface area (Å²) in [5.74, 6) is 0. The standard InChI is InChI=1S/C5H7Cl2O/c6-4-1-2-5(7)8-3-4/h2,4-5H,1,3H2. The molecule has 0 N–H and O–H groups in total. The van der Waals surface area contributed by atoms with Crippen LogP contribution in [0.2, 0.25) is 0 Å². The van der Waals surface area contributed by atoms with E-state index in [4.69, 9.17) is 27.9 Å². The third kappa shape index (κ3) is 1.81. The molecular weight excluding hydrogens is 147 g/mol. The summed E-state index contributed by atoms with van der Waals surface area (Å²) in [6, 6.07) is 0. The summed E-state index contributed by atoms with van der Waals surface area (Å²) in [5.41, 5.74) is -0.218. The van der Waals surface area contributed by atoms with Crippen LogP contribution in [0.5, 0.6) is 0 Å². The number of hydrogen-bond acceptors (Lipinski definition) is 1. The van der Waals surface area contributed by atoms with Gasteiger partial charge in [-0.25, -0.2) is 0 Å². The molecule has 1 radical (unpaired) electrons. The molecule has 0 aromatic heterocycles. The quantitative estimate of drug-likeness (QED) is 0.483. The second-order valence-corrected chi connectivity index (χ2v) is 2.80. The zero-order valence-electron chi connectivity index (χ0n) is 4.31. The van der Waals surface area contributed by atoms with Crippen molar-refractivity contribution in [3.8, 4) is 0 Å². The van der Waals surface area contributed by atoms with Gasteiger partial charge in [0.15, 0.2) is 0 Å². The summed E-state index contributed by atoms with van der Waals surface area (Å²) in [5, 5.41) is 0.130. The van der Waals surface area contributed by atoms with E-state index in [1.807, 2.05) is 6.42 Å². The Balaban J connectivity index is 2.19. The van der Waals surface area contributed by atoms with E-state index in [0.29, 0.717) is 6.61 Å². The van der Waals surface area contributed by atoms with Crippen LogP contribution in [0.25, 0.3) is 0 Å². The number of ether oxygens (including phenoxy) is 1. The van der Waals surface area contributed by atoms with Gasteiger partial charge >= 0.3 is 0 Å². The van der Waals surface area contributed by atoms with Crippen molar-refractivity contribution in [1.29, 1.82) is 0 Å². The third-order valence-corrected chi connectivity index (χ3v) is 1.62. The molecule has 0 bridgehead atoms. The van der Waals surface area contributed by atoms with Gasteiger partial charge in [0, 0.05) is 6.42 Å². The van der Waals surface area contributed by atoms with Gasteiger partial charge in [-0.3, -0.25) is 0 Å². The summed E-state index contributed by atoms with van der Waals surface area (Å²) in [4.78, 5) is 0. The van der Waals surface area contributed by atoms with Crippen molar-refractivity contribution in [1.82, 2.24) is 0 Å². The van der Waals surface area contributed by atoms with E-state index in [1.54, 1.807) is 0 Å². The minimum absolute atomic E-state index is 0.130. The highest BCUT2D eigenvalue weighted by atomic mass is 35.5. The van der Waals surface area contributed by atoms with Crippen molar-refractivity contribution in [3.63, 3.8) is 0 Å². The summed E-state index contributed by atoms with van der Waals surface area (Å²) in [6.07, 6.45) is 2.72. The second kappa shape index (κ2) is 2.90. The fourth-order valence-corrected chi connectivity index (χ4v) is 0.938. The fourth-order valence-electron chi connectivity index (χ4n) is 0.587. The summed E-state index contributed by atoms with van der Waals surface area (Å²) >= 11 is 11.2. The Kier molecular flexibility index (Phi) is 2.42. The molecule has 1 aliphatic heterocycles. The van der Waals surface area contributed by atoms with Crippen molar-refractivity contribution in [2.24, 2.45) is 0 Å². The van der Waals surface area contributed by atoms with Gasteiger partial charge in [-0.1, -0.05) is 11.6 Å². The summed E-state index contributed by atoms with van der Waals surface area (Å²) < 4.78 is 4.97. The molecule has 2 atom stereocenters. The second-order valence-electron chi connectivity index (χ2n) is 1.75. The molecule has 1 heterocycles. The molecule has 0 spiro atoms. The molecule has 1 nitrogen and oxygen atoms in total. The predicted molar refractivity (Wildman–Crippen MR) is 34.2 cm³/mol. The first-order valence-electron chi connectivity index (χ1n) is 2.52. The number of halogens is 2. The average molecular weight is 154 g/mol. The van der Waals surface area contributed by atoms with Crippen LogP contribution in [-0.4, -0.2) is 17.5 Å². The molecular formula is C5H7Cl2O. The minimum Gasteiger partial charge on any atom is -0.361 e. The van der Waals surface area contributed by atoms with Crippen LogP contribution in [0.15, 0.2) is 0 Å². The molecule has 1 saturated heterocycles. The van der Waals surface area contributed by atoms with Gasteiger partial charge in [0.25, 0.3) is 0 Å². The van der Waals surface area contributed by atoms with Gasteiger partial charge in [0.2, 0.25) is 0 Å². The minimum atomic E-state index is -0.218. The Morgan fingerprint density at radius 1 is 1.50 bits per heavy atom. The highest BCUT2D eigenvalue weighted by Gasteiger charge is 2.17. The lowest BCUT2D eigenvalue weighted by Crippen LogP contribution is -2.22. The Hall–Kier alpha value is 0.540. The van der Waals surface area contributed by atoms with Crippen LogP contribution in [0.1, 0.15) is 6.42 Å². The first kappa shape index (κ1) is 6.66. The van der Waals surface area contributed by atoms with E-state index in [-0.39, 0.29) is 10.9 Å². The predicted octanol–water partition coefficient (Wildman–Crippen LogP) is 1.78. The molecule has 0 amide bonds. The lowest BCUT2D eigenvalue weighted by atomic mass is 10.2. The smallest absolute Gasteiger partial charge is 0.134 e. The number of alkyl halides is 2. The van der Waals surface area contributed by atoms with Crippen LogP contribution in [0, 0.1) is 6.42 Å². The van der Waals surface area contributed by atoms with Crippen LogP contribution in [0.4, 0.5) is 0 Å². The summed E-state index contributed by atoms with van der Waals surface area (Å²) in [7, 11) is 0. The monoisotopic (exact) mass is 153 g/mol. The van der Waals surface area contributed by atoms with Crippen LogP contribution < -0.4 is 0 Å². The highest BCUT2D eigenvalue weighted by molar-refractivity contribution is 6.22. The van der Waals surface area contributed by atoms with E-state index in [9.17, 15) is 0 Å². The van der Waals surface area contributed by atoms with Crippen molar-refractivity contribution in [2.45, 2.75) is 17.4 Å². The van der Waals surface area contributed by atoms with Gasteiger partial charge < -0.3 is 4.74 Å². The maximum Gasteiger partial charge on any atom is 0.134 e. The highest BCUT2D eigenvalue weighted by Crippen LogP contribution is 2.18. The van der Waals surface area contributed by atoms with E-state index < -0.39 is 0 Å². The maximum absolute atomic E-state index is 5.67. The van der Waals surface area contributed by atoms with E-state index in [1.165, 1.54) is 0 Å². The number of hydrogen-bond donors (Lipinski definition) is 0. The van der Waals surface area contributed by atoms with Gasteiger partial charge in [-0.15, -0.1) is 11.6 Å². The topological polar surface area (TPSA) is 9.23 Å². The molecule has 0 saturated carbocycles. The van der Waals surface area contributed by atoms with Gasteiger partial charge in [-0.05, 0) is 6.42 Å². The lowest BCUT2D eigenvalue weighted by molar-refractivity contribution is 0.102. The summed E-state index contributed by atoms with van der Waals surface area (Å²) in [6.45, 7) is 0.576. The Labute approximate surface area is 58.9 Å². The molecule has 47 valence electrons. The Bertz CT molecular complexity index is 58.8. The Morgan fingerprint density at radius 2 is 2.25 bits per heavy atom. The fraction of sp³-hybridized carbons (Fsp3) is 0.800. The average Bonchev–Trinajstić information content (AvgIpc) is 1.77. The lowest BCUT2D eigenvalue weighted by Gasteiger charge is -2.19. The molecule has 1 aliphatic rings. The van der Waals surface area contributed by atoms with Crippen LogP contribution >= 0.6 is 23.2 Å². The SMILES string of the molecule is ClC1C[CH]C(Cl)OC1. The van der Waals surface area contributed by atoms with Crippen molar-refractivity contribution >= 4 is 23.2 Å². The van der Waals surface area contributed by atoms with Gasteiger partial charge in [0.05, 0.1) is 12.0 Å². The molecule has 2 unspecified atom stereocenters. The largest absolute Gasteiger partial charge is 0.361 e. The molecule has 3 heteroatoms. The van der Waals surface area contributed by atoms with Crippen molar-refractivity contribution in [2.75, 3.05) is 6.61 Å². The zero-order chi connectivity index (χ0) is 5.98. The molecule has 0 aliphatic carbocycles. The van der Waals surface area contributed by atoms with Crippen LogP contribution in [0.3, 0.4) is 0 Å². The number of rotatable bonds is 0. The van der Waals surface area contributed by atoms with Crippen LogP contribution in [-0.2, 0) is 4.74 Å². The third-order valence-electron chi connectivity index (χ3n) is 1.01. The Morgan fingerprint density at radius 3 is 2.62 bits per heavy atom. The van der Waals surface area contributed by atoms with Gasteiger partial charge in [-0.2, -0.15) is 0 Å². The van der Waals surface area contributed by atoms with Gasteiger partial charge in [0.1, 0.15) is 5.56 Å². The van der Waals surface area contributed by atoms with Crippen molar-refractivity contribution < 1.29 is 4.74 Å². The normalized spacial score (nSPS) is 39.8. The van der Waals surface area contributed by atoms with E-state index >= 15 is 0 Å². The van der Waals surface area contributed by atoms with E-state index in [0.717, 1.165) is 6.42 Å². The van der Waals surface area contributed by atoms with E-state index in [2.05, 4.69) is 0 Å². The molecule has 8 heavy (non-hydrogen) atoms.